The molecule has 0 saturated heterocycles. The number of para-hydroxylation sites is 2. The molecular weight excluding hydrogens is 310 g/mol. The number of nitrogens with one attached hydrogen (secondary N) is 1. The van der Waals surface area contributed by atoms with Crippen molar-refractivity contribution in [1.82, 2.24) is 14.3 Å². The van der Waals surface area contributed by atoms with E-state index in [1.54, 1.807) is 0 Å². The maximum Gasteiger partial charge on any atom is 0.216 e. The molecule has 1 aromatic heterocycles. The lowest BCUT2D eigenvalue weighted by Crippen LogP contribution is -2.26. The first kappa shape index (κ1) is 15.7. The Morgan fingerprint density at radius 1 is 1.09 bits per heavy atom. The summed E-state index contributed by atoms with van der Waals surface area (Å²) in [7, 11) is -1.52. The smallest absolute Gasteiger partial charge is 0.216 e. The molecule has 6 heteroatoms. The molecule has 120 valence electrons. The molecule has 0 atom stereocenters. The Labute approximate surface area is 136 Å². The number of fused-ring (bicyclic) bond motifs is 1. The Morgan fingerprint density at radius 3 is 2.52 bits per heavy atom. The number of rotatable bonds is 5. The fraction of sp³-hybridized carbons (Fsp3) is 0.235. The van der Waals surface area contributed by atoms with E-state index >= 15 is 0 Å². The highest BCUT2D eigenvalue weighted by Crippen LogP contribution is 2.15. The summed E-state index contributed by atoms with van der Waals surface area (Å²) in [5.41, 5.74) is 3.63. The summed E-state index contributed by atoms with van der Waals surface area (Å²) < 4.78 is 29.2. The zero-order valence-electron chi connectivity index (χ0n) is 13.2. The van der Waals surface area contributed by atoms with Crippen LogP contribution in [0.1, 0.15) is 17.0 Å². The molecule has 1 heterocycles. The predicted molar refractivity (Wildman–Crippen MR) is 91.4 cm³/mol. The molecule has 3 rings (SSSR count). The van der Waals surface area contributed by atoms with Crippen LogP contribution in [0.2, 0.25) is 0 Å². The minimum Gasteiger partial charge on any atom is -0.330 e. The number of aromatic nitrogens is 2. The van der Waals surface area contributed by atoms with Gasteiger partial charge in [-0.05, 0) is 30.2 Å². The van der Waals surface area contributed by atoms with Crippen LogP contribution < -0.4 is 4.72 Å². The van der Waals surface area contributed by atoms with E-state index in [-0.39, 0.29) is 12.3 Å². The molecule has 3 aromatic rings. The highest BCUT2D eigenvalue weighted by molar-refractivity contribution is 7.88. The van der Waals surface area contributed by atoms with E-state index in [0.29, 0.717) is 5.82 Å². The third kappa shape index (κ3) is 3.43. The second kappa shape index (κ2) is 6.14. The quantitative estimate of drug-likeness (QED) is 0.782. The Kier molecular flexibility index (Phi) is 4.19. The fourth-order valence-electron chi connectivity index (χ4n) is 2.56. The molecule has 0 saturated carbocycles. The molecule has 0 radical (unpaired) electrons. The number of sulfonamides is 1. The largest absolute Gasteiger partial charge is 0.330 e. The zero-order valence-corrected chi connectivity index (χ0v) is 14.0. The molecule has 5 nitrogen and oxygen atoms in total. The number of benzene rings is 2. The van der Waals surface area contributed by atoms with E-state index in [0.717, 1.165) is 22.2 Å². The van der Waals surface area contributed by atoms with Crippen LogP contribution >= 0.6 is 0 Å². The molecule has 1 N–H and O–H groups in total. The molecule has 23 heavy (non-hydrogen) atoms. The van der Waals surface area contributed by atoms with Crippen LogP contribution in [0.5, 0.6) is 0 Å². The normalized spacial score (nSPS) is 11.9. The maximum absolute atomic E-state index is 12.3. The average Bonchev–Trinajstić information content (AvgIpc) is 2.85. The SMILES string of the molecule is Cc1ccccc1CS(=O)(=O)NCc1nc2ccccc2n1C. The molecule has 0 spiro atoms. The summed E-state index contributed by atoms with van der Waals surface area (Å²) in [6, 6.07) is 15.2. The highest BCUT2D eigenvalue weighted by atomic mass is 32.2. The molecule has 2 aromatic carbocycles. The van der Waals surface area contributed by atoms with Crippen molar-refractivity contribution in [3.05, 3.63) is 65.5 Å². The Hall–Kier alpha value is -2.18. The molecule has 0 unspecified atom stereocenters. The maximum atomic E-state index is 12.3. The molecular formula is C17H19N3O2S. The molecule has 0 bridgehead atoms. The van der Waals surface area contributed by atoms with Crippen LogP contribution in [0.3, 0.4) is 0 Å². The number of nitrogens with zero attached hydrogens (tertiary/aromatic N) is 2. The van der Waals surface area contributed by atoms with Gasteiger partial charge in [0.1, 0.15) is 5.82 Å². The molecule has 0 aliphatic heterocycles. The van der Waals surface area contributed by atoms with Gasteiger partial charge in [0.05, 0.1) is 23.3 Å². The van der Waals surface area contributed by atoms with E-state index in [9.17, 15) is 8.42 Å². The Bertz CT molecular complexity index is 945. The number of imidazole rings is 1. The monoisotopic (exact) mass is 329 g/mol. The second-order valence-electron chi connectivity index (χ2n) is 5.58. The van der Waals surface area contributed by atoms with E-state index in [2.05, 4.69) is 9.71 Å². The van der Waals surface area contributed by atoms with E-state index in [1.165, 1.54) is 0 Å². The van der Waals surface area contributed by atoms with Gasteiger partial charge in [-0.15, -0.1) is 0 Å². The van der Waals surface area contributed by atoms with Crippen molar-refractivity contribution in [2.75, 3.05) is 0 Å². The van der Waals surface area contributed by atoms with Crippen LogP contribution in [0.25, 0.3) is 11.0 Å². The van der Waals surface area contributed by atoms with Gasteiger partial charge >= 0.3 is 0 Å². The van der Waals surface area contributed by atoms with Crippen LogP contribution in [-0.2, 0) is 29.4 Å². The summed E-state index contributed by atoms with van der Waals surface area (Å²) in [5.74, 6) is 0.670. The van der Waals surface area contributed by atoms with E-state index < -0.39 is 10.0 Å². The van der Waals surface area contributed by atoms with Crippen LogP contribution in [-0.4, -0.2) is 18.0 Å². The highest BCUT2D eigenvalue weighted by Gasteiger charge is 2.15. The average molecular weight is 329 g/mol. The molecule has 0 aliphatic carbocycles. The lowest BCUT2D eigenvalue weighted by Gasteiger charge is -2.09. The van der Waals surface area contributed by atoms with E-state index in [4.69, 9.17) is 0 Å². The van der Waals surface area contributed by atoms with Crippen molar-refractivity contribution >= 4 is 21.1 Å². The van der Waals surface area contributed by atoms with Crippen molar-refractivity contribution in [1.29, 1.82) is 0 Å². The fourth-order valence-corrected chi connectivity index (χ4v) is 3.74. The van der Waals surface area contributed by atoms with Gasteiger partial charge < -0.3 is 4.57 Å². The van der Waals surface area contributed by atoms with Gasteiger partial charge in [0.2, 0.25) is 10.0 Å². The summed E-state index contributed by atoms with van der Waals surface area (Å²) in [6.07, 6.45) is 0. The molecule has 0 amide bonds. The van der Waals surface area contributed by atoms with Gasteiger partial charge in [-0.3, -0.25) is 0 Å². The minimum atomic E-state index is -3.41. The number of hydrogen-bond donors (Lipinski definition) is 1. The Morgan fingerprint density at radius 2 is 1.78 bits per heavy atom. The lowest BCUT2D eigenvalue weighted by atomic mass is 10.1. The first-order chi connectivity index (χ1) is 11.0. The van der Waals surface area contributed by atoms with Gasteiger partial charge in [0.25, 0.3) is 0 Å². The molecule has 0 aliphatic rings. The second-order valence-corrected chi connectivity index (χ2v) is 7.39. The first-order valence-corrected chi connectivity index (χ1v) is 9.04. The van der Waals surface area contributed by atoms with Crippen molar-refractivity contribution in [2.24, 2.45) is 7.05 Å². The van der Waals surface area contributed by atoms with Crippen molar-refractivity contribution in [3.63, 3.8) is 0 Å². The Balaban J connectivity index is 1.76. The standard InChI is InChI=1S/C17H19N3O2S/c1-13-7-3-4-8-14(13)12-23(21,22)18-11-17-19-15-9-5-6-10-16(15)20(17)2/h3-10,18H,11-12H2,1-2H3. The van der Waals surface area contributed by atoms with Crippen molar-refractivity contribution < 1.29 is 8.42 Å². The topological polar surface area (TPSA) is 64.0 Å². The van der Waals surface area contributed by atoms with Crippen LogP contribution in [0.15, 0.2) is 48.5 Å². The molecule has 0 fully saturated rings. The van der Waals surface area contributed by atoms with Crippen LogP contribution in [0.4, 0.5) is 0 Å². The van der Waals surface area contributed by atoms with Gasteiger partial charge in [-0.1, -0.05) is 36.4 Å². The first-order valence-electron chi connectivity index (χ1n) is 7.38. The van der Waals surface area contributed by atoms with Gasteiger partial charge in [-0.25, -0.2) is 18.1 Å². The summed E-state index contributed by atoms with van der Waals surface area (Å²) in [6.45, 7) is 2.09. The van der Waals surface area contributed by atoms with Gasteiger partial charge in [0, 0.05) is 7.05 Å². The number of hydrogen-bond acceptors (Lipinski definition) is 3. The minimum absolute atomic E-state index is 0.0242. The summed E-state index contributed by atoms with van der Waals surface area (Å²) in [4.78, 5) is 4.48. The van der Waals surface area contributed by atoms with Crippen LogP contribution in [0, 0.1) is 6.92 Å². The predicted octanol–water partition coefficient (Wildman–Crippen LogP) is 2.50. The third-order valence-corrected chi connectivity index (χ3v) is 5.21. The van der Waals surface area contributed by atoms with Gasteiger partial charge in [0.15, 0.2) is 0 Å². The van der Waals surface area contributed by atoms with Crippen molar-refractivity contribution in [3.8, 4) is 0 Å². The summed E-state index contributed by atoms with van der Waals surface area (Å²) >= 11 is 0. The van der Waals surface area contributed by atoms with Gasteiger partial charge in [-0.2, -0.15) is 0 Å². The summed E-state index contributed by atoms with van der Waals surface area (Å²) in [5, 5.41) is 0. The zero-order chi connectivity index (χ0) is 16.4. The number of aryl methyl sites for hydroxylation is 2. The lowest BCUT2D eigenvalue weighted by molar-refractivity contribution is 0.577. The third-order valence-electron chi connectivity index (χ3n) is 3.94. The van der Waals surface area contributed by atoms with E-state index in [1.807, 2.05) is 67.1 Å². The van der Waals surface area contributed by atoms with Crippen molar-refractivity contribution in [2.45, 2.75) is 19.2 Å².